The average Bonchev–Trinajstić information content (AvgIpc) is 2.99. The molecule has 0 spiro atoms. The summed E-state index contributed by atoms with van der Waals surface area (Å²) in [5, 5.41) is 3.79. The molecule has 0 radical (unpaired) electrons. The molecule has 0 saturated carbocycles. The van der Waals surface area contributed by atoms with Crippen molar-refractivity contribution < 1.29 is 4.79 Å². The number of carbonyl (C=O) groups is 1. The van der Waals surface area contributed by atoms with Gasteiger partial charge in [-0.25, -0.2) is 4.98 Å². The highest BCUT2D eigenvalue weighted by Crippen LogP contribution is 2.29. The number of fused-ring (bicyclic) bond motifs is 3. The maximum atomic E-state index is 13.0. The van der Waals surface area contributed by atoms with Crippen molar-refractivity contribution >= 4 is 16.8 Å². The Hall–Kier alpha value is -2.95. The van der Waals surface area contributed by atoms with Crippen molar-refractivity contribution in [2.45, 2.75) is 57.5 Å². The Bertz CT molecular complexity index is 1150. The molecule has 1 aliphatic carbocycles. The lowest BCUT2D eigenvalue weighted by atomic mass is 9.87. The van der Waals surface area contributed by atoms with Gasteiger partial charge in [-0.3, -0.25) is 14.2 Å². The maximum Gasteiger partial charge on any atom is 0.261 e. The molecule has 1 amide bonds. The van der Waals surface area contributed by atoms with E-state index in [4.69, 9.17) is 4.98 Å². The third-order valence-electron chi connectivity index (χ3n) is 6.25. The Morgan fingerprint density at radius 3 is 2.86 bits per heavy atom. The van der Waals surface area contributed by atoms with Gasteiger partial charge in [0.15, 0.2) is 0 Å². The fourth-order valence-electron chi connectivity index (χ4n) is 4.70. The predicted molar refractivity (Wildman–Crippen MR) is 113 cm³/mol. The summed E-state index contributed by atoms with van der Waals surface area (Å²) in [6.07, 6.45) is 7.10. The first-order chi connectivity index (χ1) is 14.2. The summed E-state index contributed by atoms with van der Waals surface area (Å²) in [5.41, 5.74) is 3.74. The molecule has 0 saturated heterocycles. The Morgan fingerprint density at radius 2 is 1.93 bits per heavy atom. The van der Waals surface area contributed by atoms with E-state index in [1.165, 1.54) is 11.1 Å². The summed E-state index contributed by atoms with van der Waals surface area (Å²) >= 11 is 0. The molecule has 1 atom stereocenters. The summed E-state index contributed by atoms with van der Waals surface area (Å²) in [4.78, 5) is 30.6. The molecule has 5 nitrogen and oxygen atoms in total. The standard InChI is InChI=1S/C24H25N3O2/c28-23(26-20-10-6-8-16-7-3-4-9-18(16)20)17-12-13-19-21(15-17)25-22-11-2-1-5-14-27(22)24(19)29/h3-4,7,9,12-13,15,20H,1-2,5-6,8,10-11,14H2,(H,26,28)/t20-/m1/s1. The third-order valence-corrected chi connectivity index (χ3v) is 6.25. The van der Waals surface area contributed by atoms with Crippen molar-refractivity contribution in [1.82, 2.24) is 14.9 Å². The van der Waals surface area contributed by atoms with Gasteiger partial charge < -0.3 is 5.32 Å². The van der Waals surface area contributed by atoms with Crippen LogP contribution in [0.25, 0.3) is 10.9 Å². The minimum absolute atomic E-state index is 0.0140. The minimum Gasteiger partial charge on any atom is -0.345 e. The van der Waals surface area contributed by atoms with Crippen LogP contribution in [-0.4, -0.2) is 15.5 Å². The molecule has 5 heteroatoms. The zero-order chi connectivity index (χ0) is 19.8. The van der Waals surface area contributed by atoms with Crippen LogP contribution in [0.2, 0.25) is 0 Å². The first kappa shape index (κ1) is 18.1. The van der Waals surface area contributed by atoms with E-state index < -0.39 is 0 Å². The minimum atomic E-state index is -0.106. The fourth-order valence-corrected chi connectivity index (χ4v) is 4.70. The summed E-state index contributed by atoms with van der Waals surface area (Å²) in [5.74, 6) is 0.740. The largest absolute Gasteiger partial charge is 0.345 e. The van der Waals surface area contributed by atoms with Crippen LogP contribution in [0, 0.1) is 0 Å². The van der Waals surface area contributed by atoms with Crippen LogP contribution in [0.1, 0.15) is 65.5 Å². The van der Waals surface area contributed by atoms with Crippen LogP contribution in [0.15, 0.2) is 47.3 Å². The normalized spacial score (nSPS) is 18.6. The Kier molecular flexibility index (Phi) is 4.66. The molecule has 1 aromatic heterocycles. The number of nitrogens with one attached hydrogen (secondary N) is 1. The molecular weight excluding hydrogens is 362 g/mol. The highest BCUT2D eigenvalue weighted by atomic mass is 16.1. The lowest BCUT2D eigenvalue weighted by Crippen LogP contribution is -2.31. The van der Waals surface area contributed by atoms with Crippen LogP contribution in [-0.2, 0) is 19.4 Å². The van der Waals surface area contributed by atoms with Gasteiger partial charge in [0.1, 0.15) is 5.82 Å². The first-order valence-corrected chi connectivity index (χ1v) is 10.6. The highest BCUT2D eigenvalue weighted by molar-refractivity contribution is 5.97. The predicted octanol–water partition coefficient (Wildman–Crippen LogP) is 3.93. The first-order valence-electron chi connectivity index (χ1n) is 10.6. The van der Waals surface area contributed by atoms with E-state index in [2.05, 4.69) is 23.5 Å². The molecular formula is C24H25N3O2. The zero-order valence-electron chi connectivity index (χ0n) is 16.5. The van der Waals surface area contributed by atoms with Crippen molar-refractivity contribution in [2.75, 3.05) is 0 Å². The average molecular weight is 387 g/mol. The van der Waals surface area contributed by atoms with Crippen LogP contribution in [0.3, 0.4) is 0 Å². The number of amides is 1. The number of aryl methyl sites for hydroxylation is 2. The molecule has 1 N–H and O–H groups in total. The van der Waals surface area contributed by atoms with Gasteiger partial charge in [-0.2, -0.15) is 0 Å². The molecule has 148 valence electrons. The van der Waals surface area contributed by atoms with Crippen LogP contribution in [0.4, 0.5) is 0 Å². The summed E-state index contributed by atoms with van der Waals surface area (Å²) in [6, 6.07) is 13.7. The molecule has 29 heavy (non-hydrogen) atoms. The van der Waals surface area contributed by atoms with Crippen molar-refractivity contribution in [2.24, 2.45) is 0 Å². The summed E-state index contributed by atoms with van der Waals surface area (Å²) < 4.78 is 1.81. The molecule has 2 aromatic carbocycles. The maximum absolute atomic E-state index is 13.0. The number of nitrogens with zero attached hydrogens (tertiary/aromatic N) is 2. The molecule has 0 bridgehead atoms. The SMILES string of the molecule is O=C(N[C@@H]1CCCc2ccccc21)c1ccc2c(=O)n3c(nc2c1)CCCCC3. The second kappa shape index (κ2) is 7.47. The highest BCUT2D eigenvalue weighted by Gasteiger charge is 2.22. The second-order valence-corrected chi connectivity index (χ2v) is 8.14. The number of hydrogen-bond donors (Lipinski definition) is 1. The van der Waals surface area contributed by atoms with Gasteiger partial charge in [0, 0.05) is 18.5 Å². The molecule has 2 heterocycles. The van der Waals surface area contributed by atoms with E-state index >= 15 is 0 Å². The lowest BCUT2D eigenvalue weighted by Gasteiger charge is -2.26. The quantitative estimate of drug-likeness (QED) is 0.725. The van der Waals surface area contributed by atoms with E-state index in [1.807, 2.05) is 10.6 Å². The Balaban J connectivity index is 1.46. The number of rotatable bonds is 2. The molecule has 0 unspecified atom stereocenters. The van der Waals surface area contributed by atoms with Crippen molar-refractivity contribution in [3.05, 3.63) is 75.3 Å². The number of aromatic nitrogens is 2. The van der Waals surface area contributed by atoms with E-state index in [9.17, 15) is 9.59 Å². The van der Waals surface area contributed by atoms with Gasteiger partial charge in [0.2, 0.25) is 0 Å². The van der Waals surface area contributed by atoms with Gasteiger partial charge in [-0.1, -0.05) is 30.7 Å². The van der Waals surface area contributed by atoms with Crippen LogP contribution in [0.5, 0.6) is 0 Å². The van der Waals surface area contributed by atoms with Gasteiger partial charge in [0.25, 0.3) is 11.5 Å². The molecule has 2 aliphatic rings. The molecule has 1 aliphatic heterocycles. The van der Waals surface area contributed by atoms with E-state index in [0.717, 1.165) is 57.3 Å². The zero-order valence-corrected chi connectivity index (χ0v) is 16.5. The van der Waals surface area contributed by atoms with E-state index in [0.29, 0.717) is 16.5 Å². The van der Waals surface area contributed by atoms with Gasteiger partial charge in [-0.15, -0.1) is 0 Å². The van der Waals surface area contributed by atoms with Crippen molar-refractivity contribution in [1.29, 1.82) is 0 Å². The van der Waals surface area contributed by atoms with Gasteiger partial charge >= 0.3 is 0 Å². The fraction of sp³-hybridized carbons (Fsp3) is 0.375. The molecule has 0 fully saturated rings. The van der Waals surface area contributed by atoms with Crippen molar-refractivity contribution in [3.8, 4) is 0 Å². The smallest absolute Gasteiger partial charge is 0.261 e. The summed E-state index contributed by atoms with van der Waals surface area (Å²) in [6.45, 7) is 0.737. The van der Waals surface area contributed by atoms with Crippen LogP contribution >= 0.6 is 0 Å². The van der Waals surface area contributed by atoms with Gasteiger partial charge in [-0.05, 0) is 61.4 Å². The molecule has 3 aromatic rings. The number of carbonyl (C=O) groups excluding carboxylic acids is 1. The van der Waals surface area contributed by atoms with E-state index in [-0.39, 0.29) is 17.5 Å². The number of benzene rings is 2. The van der Waals surface area contributed by atoms with E-state index in [1.54, 1.807) is 18.2 Å². The number of hydrogen-bond acceptors (Lipinski definition) is 3. The summed E-state index contributed by atoms with van der Waals surface area (Å²) in [7, 11) is 0. The van der Waals surface area contributed by atoms with Crippen LogP contribution < -0.4 is 10.9 Å². The van der Waals surface area contributed by atoms with Crippen molar-refractivity contribution in [3.63, 3.8) is 0 Å². The topological polar surface area (TPSA) is 64.0 Å². The lowest BCUT2D eigenvalue weighted by molar-refractivity contribution is 0.0933. The van der Waals surface area contributed by atoms with Gasteiger partial charge in [0.05, 0.1) is 16.9 Å². The Morgan fingerprint density at radius 1 is 1.03 bits per heavy atom. The Labute approximate surface area is 169 Å². The monoisotopic (exact) mass is 387 g/mol. The molecule has 5 rings (SSSR count). The third kappa shape index (κ3) is 3.35. The second-order valence-electron chi connectivity index (χ2n) is 8.14.